The van der Waals surface area contributed by atoms with E-state index in [0.717, 1.165) is 18.2 Å². The monoisotopic (exact) mass is 219 g/mol. The van der Waals surface area contributed by atoms with E-state index in [0.29, 0.717) is 0 Å². The van der Waals surface area contributed by atoms with Gasteiger partial charge in [-0.25, -0.2) is 4.79 Å². The Hall–Kier alpha value is -1.63. The number of halogens is 1. The second kappa shape index (κ2) is 3.26. The van der Waals surface area contributed by atoms with E-state index in [-0.39, 0.29) is 5.56 Å². The van der Waals surface area contributed by atoms with E-state index in [4.69, 9.17) is 10.8 Å². The summed E-state index contributed by atoms with van der Waals surface area (Å²) in [6, 6.07) is 2.66. The van der Waals surface area contributed by atoms with Gasteiger partial charge in [-0.15, -0.1) is 3.89 Å². The first kappa shape index (κ1) is 10.5. The summed E-state index contributed by atoms with van der Waals surface area (Å²) in [6.07, 6.45) is 0. The lowest BCUT2D eigenvalue weighted by atomic mass is 10.2. The van der Waals surface area contributed by atoms with Gasteiger partial charge in [0.25, 0.3) is 0 Å². The fourth-order valence-electron chi connectivity index (χ4n) is 0.904. The number of hydrogen-bond donors (Lipinski definition) is 2. The van der Waals surface area contributed by atoms with Gasteiger partial charge < -0.3 is 10.8 Å². The molecule has 1 rings (SSSR count). The fourth-order valence-corrected chi connectivity index (χ4v) is 1.47. The number of nitrogen functional groups attached to an aromatic ring is 1. The van der Waals surface area contributed by atoms with Gasteiger partial charge >= 0.3 is 16.2 Å². The Morgan fingerprint density at radius 1 is 1.43 bits per heavy atom. The summed E-state index contributed by atoms with van der Waals surface area (Å²) in [5.74, 6) is -1.26. The van der Waals surface area contributed by atoms with Crippen LogP contribution >= 0.6 is 0 Å². The molecule has 0 amide bonds. The molecule has 76 valence electrons. The Balaban J connectivity index is 3.35. The summed E-state index contributed by atoms with van der Waals surface area (Å²) in [7, 11) is -4.89. The summed E-state index contributed by atoms with van der Waals surface area (Å²) in [5, 5.41) is 8.50. The minimum atomic E-state index is -4.89. The van der Waals surface area contributed by atoms with Crippen molar-refractivity contribution in [3.05, 3.63) is 23.8 Å². The zero-order valence-electron chi connectivity index (χ0n) is 6.77. The molecule has 0 fully saturated rings. The van der Waals surface area contributed by atoms with Crippen LogP contribution in [0.3, 0.4) is 0 Å². The average molecular weight is 219 g/mol. The maximum atomic E-state index is 12.5. The van der Waals surface area contributed by atoms with Gasteiger partial charge in [-0.3, -0.25) is 0 Å². The number of carboxylic acid groups (broad SMARTS) is 1. The van der Waals surface area contributed by atoms with E-state index in [9.17, 15) is 17.1 Å². The molecule has 3 N–H and O–H groups in total. The summed E-state index contributed by atoms with van der Waals surface area (Å²) < 4.78 is 33.3. The molecule has 1 aromatic rings. The average Bonchev–Trinajstić information content (AvgIpc) is 2.01. The van der Waals surface area contributed by atoms with Crippen LogP contribution in [0.2, 0.25) is 0 Å². The topological polar surface area (TPSA) is 97.5 Å². The molecule has 0 unspecified atom stereocenters. The molecule has 14 heavy (non-hydrogen) atoms. The van der Waals surface area contributed by atoms with E-state index >= 15 is 0 Å². The van der Waals surface area contributed by atoms with Crippen LogP contribution in [0.4, 0.5) is 9.57 Å². The van der Waals surface area contributed by atoms with Crippen molar-refractivity contribution in [2.24, 2.45) is 0 Å². The molecule has 0 radical (unpaired) electrons. The first-order valence-corrected chi connectivity index (χ1v) is 4.78. The van der Waals surface area contributed by atoms with Crippen molar-refractivity contribution in [2.45, 2.75) is 4.90 Å². The fraction of sp³-hybridized carbons (Fsp3) is 0. The van der Waals surface area contributed by atoms with Crippen LogP contribution in [0.1, 0.15) is 10.4 Å². The van der Waals surface area contributed by atoms with Crippen molar-refractivity contribution in [1.29, 1.82) is 0 Å². The maximum Gasteiger partial charge on any atom is 0.335 e. The number of hydrogen-bond acceptors (Lipinski definition) is 4. The SMILES string of the molecule is Nc1cc(C(=O)O)ccc1S(=O)(=O)F. The number of carboxylic acids is 1. The van der Waals surface area contributed by atoms with Crippen LogP contribution in [0, 0.1) is 0 Å². The predicted molar refractivity (Wildman–Crippen MR) is 46.1 cm³/mol. The van der Waals surface area contributed by atoms with E-state index in [1.807, 2.05) is 0 Å². The van der Waals surface area contributed by atoms with Crippen molar-refractivity contribution in [3.63, 3.8) is 0 Å². The lowest BCUT2D eigenvalue weighted by Gasteiger charge is -2.01. The highest BCUT2D eigenvalue weighted by atomic mass is 32.3. The summed E-state index contributed by atoms with van der Waals surface area (Å²) >= 11 is 0. The van der Waals surface area contributed by atoms with Crippen LogP contribution in [0.25, 0.3) is 0 Å². The van der Waals surface area contributed by atoms with Crippen LogP contribution in [-0.2, 0) is 10.2 Å². The molecule has 5 nitrogen and oxygen atoms in total. The second-order valence-corrected chi connectivity index (χ2v) is 3.81. The normalized spacial score (nSPS) is 11.2. The van der Waals surface area contributed by atoms with Gasteiger partial charge in [-0.1, -0.05) is 0 Å². The number of benzene rings is 1. The van der Waals surface area contributed by atoms with Gasteiger partial charge in [-0.05, 0) is 18.2 Å². The minimum absolute atomic E-state index is 0.199. The van der Waals surface area contributed by atoms with E-state index in [2.05, 4.69) is 0 Å². The van der Waals surface area contributed by atoms with Crippen molar-refractivity contribution in [3.8, 4) is 0 Å². The number of rotatable bonds is 2. The zero-order chi connectivity index (χ0) is 10.9. The predicted octanol–water partition coefficient (Wildman–Crippen LogP) is 0.625. The maximum absolute atomic E-state index is 12.5. The molecule has 0 aliphatic carbocycles. The molecule has 0 heterocycles. The molecule has 0 atom stereocenters. The molecule has 0 saturated heterocycles. The standard InChI is InChI=1S/C7H6FNO4S/c8-14(12,13)6-2-1-4(7(10)11)3-5(6)9/h1-3H,9H2,(H,10,11). The van der Waals surface area contributed by atoms with Crippen LogP contribution in [0.5, 0.6) is 0 Å². The molecule has 7 heteroatoms. The van der Waals surface area contributed by atoms with E-state index < -0.39 is 26.8 Å². The molecular formula is C7H6FNO4S. The van der Waals surface area contributed by atoms with Crippen LogP contribution < -0.4 is 5.73 Å². The highest BCUT2D eigenvalue weighted by Gasteiger charge is 2.17. The third kappa shape index (κ3) is 1.99. The third-order valence-electron chi connectivity index (χ3n) is 1.52. The first-order valence-electron chi connectivity index (χ1n) is 3.40. The quantitative estimate of drug-likeness (QED) is 0.561. The van der Waals surface area contributed by atoms with Crippen LogP contribution in [-0.4, -0.2) is 19.5 Å². The van der Waals surface area contributed by atoms with Crippen molar-refractivity contribution < 1.29 is 22.2 Å². The Morgan fingerprint density at radius 3 is 2.36 bits per heavy atom. The Kier molecular flexibility index (Phi) is 2.43. The molecule has 0 aliphatic heterocycles. The van der Waals surface area contributed by atoms with E-state index in [1.54, 1.807) is 0 Å². The number of aromatic carboxylic acids is 1. The molecular weight excluding hydrogens is 213 g/mol. The highest BCUT2D eigenvalue weighted by Crippen LogP contribution is 2.21. The first-order chi connectivity index (χ1) is 6.32. The highest BCUT2D eigenvalue weighted by molar-refractivity contribution is 7.86. The number of nitrogens with two attached hydrogens (primary N) is 1. The van der Waals surface area contributed by atoms with Crippen molar-refractivity contribution in [1.82, 2.24) is 0 Å². The largest absolute Gasteiger partial charge is 0.478 e. The van der Waals surface area contributed by atoms with Gasteiger partial charge in [-0.2, -0.15) is 8.42 Å². The third-order valence-corrected chi connectivity index (χ3v) is 2.42. The molecule has 0 aliphatic rings. The Labute approximate surface area is 79.2 Å². The van der Waals surface area contributed by atoms with Crippen molar-refractivity contribution >= 4 is 21.9 Å². The number of anilines is 1. The smallest absolute Gasteiger partial charge is 0.335 e. The molecule has 0 aromatic heterocycles. The Morgan fingerprint density at radius 2 is 2.00 bits per heavy atom. The second-order valence-electron chi connectivity index (χ2n) is 2.50. The Bertz CT molecular complexity index is 482. The van der Waals surface area contributed by atoms with E-state index in [1.165, 1.54) is 0 Å². The molecule has 0 saturated carbocycles. The van der Waals surface area contributed by atoms with Gasteiger partial charge in [0.1, 0.15) is 4.90 Å². The lowest BCUT2D eigenvalue weighted by Crippen LogP contribution is -2.03. The molecule has 1 aromatic carbocycles. The lowest BCUT2D eigenvalue weighted by molar-refractivity contribution is 0.0697. The minimum Gasteiger partial charge on any atom is -0.478 e. The summed E-state index contributed by atoms with van der Waals surface area (Å²) in [4.78, 5) is 9.70. The van der Waals surface area contributed by atoms with Crippen molar-refractivity contribution in [2.75, 3.05) is 5.73 Å². The summed E-state index contributed by atoms with van der Waals surface area (Å²) in [5.41, 5.74) is 4.54. The molecule has 0 bridgehead atoms. The zero-order valence-corrected chi connectivity index (χ0v) is 7.58. The van der Waals surface area contributed by atoms with Crippen LogP contribution in [0.15, 0.2) is 23.1 Å². The van der Waals surface area contributed by atoms with Gasteiger partial charge in [0.15, 0.2) is 0 Å². The summed E-state index contributed by atoms with van der Waals surface area (Å²) in [6.45, 7) is 0. The van der Waals surface area contributed by atoms with Gasteiger partial charge in [0.2, 0.25) is 0 Å². The number of carbonyl (C=O) groups is 1. The van der Waals surface area contributed by atoms with Gasteiger partial charge in [0, 0.05) is 0 Å². The van der Waals surface area contributed by atoms with Gasteiger partial charge in [0.05, 0.1) is 11.3 Å². The molecule has 0 spiro atoms.